The first kappa shape index (κ1) is 28.5. The number of rotatable bonds is 8. The van der Waals surface area contributed by atoms with Gasteiger partial charge in [-0.05, 0) is 18.1 Å². The average molecular weight is 532 g/mol. The number of aliphatic hydroxyl groups excluding tert-OH is 3. The number of hydrogen-bond acceptors (Lipinski definition) is 11. The number of nitrogens with two attached hydrogens (primary N) is 4. The van der Waals surface area contributed by atoms with Crippen molar-refractivity contribution >= 4 is 11.6 Å². The highest BCUT2D eigenvalue weighted by atomic mass is 16.7. The molecular formula is C26H37N5O7. The molecule has 1 amide bonds. The van der Waals surface area contributed by atoms with Crippen molar-refractivity contribution in [2.75, 3.05) is 18.5 Å². The highest BCUT2D eigenvalue weighted by Gasteiger charge is 2.48. The lowest BCUT2D eigenvalue weighted by Crippen LogP contribution is -2.67. The van der Waals surface area contributed by atoms with Crippen molar-refractivity contribution in [3.63, 3.8) is 0 Å². The molecule has 208 valence electrons. The van der Waals surface area contributed by atoms with Crippen LogP contribution in [0, 0.1) is 0 Å². The third-order valence-electron chi connectivity index (χ3n) is 7.03. The van der Waals surface area contributed by atoms with Gasteiger partial charge < -0.3 is 57.8 Å². The Hall–Kier alpha value is -2.49. The van der Waals surface area contributed by atoms with Crippen LogP contribution in [0.1, 0.15) is 6.42 Å². The van der Waals surface area contributed by atoms with Gasteiger partial charge in [0.15, 0.2) is 6.29 Å². The van der Waals surface area contributed by atoms with Crippen LogP contribution >= 0.6 is 0 Å². The van der Waals surface area contributed by atoms with E-state index < -0.39 is 73.6 Å². The molecule has 1 aliphatic carbocycles. The highest BCUT2D eigenvalue weighted by Crippen LogP contribution is 2.30. The molecule has 0 bridgehead atoms. The van der Waals surface area contributed by atoms with Crippen LogP contribution in [0.5, 0.6) is 0 Å². The summed E-state index contributed by atoms with van der Waals surface area (Å²) in [6.45, 7) is -0.506. The van der Waals surface area contributed by atoms with Crippen molar-refractivity contribution in [1.82, 2.24) is 0 Å². The van der Waals surface area contributed by atoms with Gasteiger partial charge in [-0.3, -0.25) is 4.79 Å². The smallest absolute Gasteiger partial charge is 0.250 e. The Kier molecular flexibility index (Phi) is 9.44. The Morgan fingerprint density at radius 2 is 1.61 bits per heavy atom. The van der Waals surface area contributed by atoms with Crippen molar-refractivity contribution in [3.8, 4) is 11.1 Å². The Morgan fingerprint density at radius 1 is 0.921 bits per heavy atom. The first-order valence-electron chi connectivity index (χ1n) is 12.6. The lowest BCUT2D eigenvalue weighted by molar-refractivity contribution is -0.290. The van der Waals surface area contributed by atoms with Crippen molar-refractivity contribution in [3.05, 3.63) is 54.6 Å². The minimum Gasteiger partial charge on any atom is -0.389 e. The number of ether oxygens (including phenoxy) is 3. The van der Waals surface area contributed by atoms with E-state index in [1.54, 1.807) is 6.07 Å². The Labute approximate surface area is 220 Å². The fourth-order valence-corrected chi connectivity index (χ4v) is 4.89. The van der Waals surface area contributed by atoms with Gasteiger partial charge in [0.1, 0.15) is 37.1 Å². The second-order valence-corrected chi connectivity index (χ2v) is 9.73. The standard InChI is InChI=1S/C26H37N5O7/c27-11-18-22(34)23(35)20(30)26(37-18)38-24-16(29)10-15(28)21(33)25(24)36-12-19(32)31-17-9-5-4-8-14(17)13-6-2-1-3-7-13/h1-9,15-16,18,20-26,33-35H,10-12,27-30H2,(H,31,32)/t15-,16+,18-,20-,21+,22-,23-,24-,25-,26-/m1/s1. The first-order valence-corrected chi connectivity index (χ1v) is 12.6. The number of hydrogen-bond donors (Lipinski definition) is 8. The summed E-state index contributed by atoms with van der Waals surface area (Å²) in [6, 6.07) is 14.4. The Morgan fingerprint density at radius 3 is 2.32 bits per heavy atom. The molecule has 2 fully saturated rings. The zero-order valence-electron chi connectivity index (χ0n) is 20.9. The quantitative estimate of drug-likeness (QED) is 0.190. The molecule has 1 saturated carbocycles. The van der Waals surface area contributed by atoms with Crippen LogP contribution in [0.2, 0.25) is 0 Å². The van der Waals surface area contributed by atoms with Gasteiger partial charge in [0.05, 0.1) is 12.1 Å². The normalized spacial score (nSPS) is 35.6. The summed E-state index contributed by atoms with van der Waals surface area (Å²) < 4.78 is 17.5. The maximum Gasteiger partial charge on any atom is 0.250 e. The molecule has 0 spiro atoms. The van der Waals surface area contributed by atoms with E-state index >= 15 is 0 Å². The van der Waals surface area contributed by atoms with Crippen LogP contribution < -0.4 is 28.3 Å². The molecule has 12 N–H and O–H groups in total. The summed E-state index contributed by atoms with van der Waals surface area (Å²) in [7, 11) is 0. The van der Waals surface area contributed by atoms with E-state index in [1.807, 2.05) is 48.5 Å². The van der Waals surface area contributed by atoms with Crippen LogP contribution in [0.25, 0.3) is 11.1 Å². The van der Waals surface area contributed by atoms with E-state index in [0.29, 0.717) is 5.69 Å². The second kappa shape index (κ2) is 12.6. The number of anilines is 1. The van der Waals surface area contributed by atoms with Gasteiger partial charge in [-0.15, -0.1) is 0 Å². The number of carbonyl (C=O) groups excluding carboxylic acids is 1. The number of nitrogens with one attached hydrogen (secondary N) is 1. The van der Waals surface area contributed by atoms with E-state index in [-0.39, 0.29) is 13.0 Å². The predicted molar refractivity (Wildman–Crippen MR) is 139 cm³/mol. The SMILES string of the molecule is NC[C@H]1O[C@H](O[C@H]2[C@H](OCC(=O)Nc3ccccc3-c3ccccc3)[C@@H](O)[C@H](N)C[C@@H]2N)[C@H](N)[C@@H](O)[C@@H]1O. The third-order valence-corrected chi connectivity index (χ3v) is 7.03. The molecule has 12 nitrogen and oxygen atoms in total. The van der Waals surface area contributed by atoms with E-state index in [9.17, 15) is 20.1 Å². The van der Waals surface area contributed by atoms with Crippen molar-refractivity contribution < 1.29 is 34.3 Å². The molecule has 1 heterocycles. The number of amides is 1. The van der Waals surface area contributed by atoms with E-state index in [4.69, 9.17) is 37.1 Å². The van der Waals surface area contributed by atoms with E-state index in [1.165, 1.54) is 0 Å². The van der Waals surface area contributed by atoms with Crippen LogP contribution in [0.3, 0.4) is 0 Å². The zero-order chi connectivity index (χ0) is 27.4. The monoisotopic (exact) mass is 531 g/mol. The number of benzene rings is 2. The summed E-state index contributed by atoms with van der Waals surface area (Å²) >= 11 is 0. The van der Waals surface area contributed by atoms with Crippen LogP contribution in [-0.2, 0) is 19.0 Å². The topological polar surface area (TPSA) is 222 Å². The Balaban J connectivity index is 1.45. The molecule has 2 aromatic carbocycles. The molecule has 2 aliphatic rings. The third kappa shape index (κ3) is 6.21. The van der Waals surface area contributed by atoms with E-state index in [0.717, 1.165) is 11.1 Å². The predicted octanol–water partition coefficient (Wildman–Crippen LogP) is -1.79. The molecule has 4 rings (SSSR count). The van der Waals surface area contributed by atoms with Gasteiger partial charge in [-0.2, -0.15) is 0 Å². The summed E-state index contributed by atoms with van der Waals surface area (Å²) in [5.74, 6) is -0.459. The number of aliphatic hydroxyl groups is 3. The van der Waals surface area contributed by atoms with Crippen molar-refractivity contribution in [2.24, 2.45) is 22.9 Å². The fourth-order valence-electron chi connectivity index (χ4n) is 4.89. The maximum atomic E-state index is 12.9. The summed E-state index contributed by atoms with van der Waals surface area (Å²) in [5, 5.41) is 34.1. The van der Waals surface area contributed by atoms with Gasteiger partial charge >= 0.3 is 0 Å². The molecule has 1 saturated heterocycles. The molecule has 2 aromatic rings. The van der Waals surface area contributed by atoms with E-state index in [2.05, 4.69) is 5.32 Å². The molecule has 10 atom stereocenters. The van der Waals surface area contributed by atoms with Crippen LogP contribution in [0.4, 0.5) is 5.69 Å². The zero-order valence-corrected chi connectivity index (χ0v) is 20.9. The molecule has 1 aliphatic heterocycles. The minimum absolute atomic E-state index is 0.0837. The van der Waals surface area contributed by atoms with Crippen LogP contribution in [-0.4, -0.2) is 95.4 Å². The molecule has 38 heavy (non-hydrogen) atoms. The fraction of sp³-hybridized carbons (Fsp3) is 0.500. The lowest BCUT2D eigenvalue weighted by Gasteiger charge is -2.46. The van der Waals surface area contributed by atoms with Gasteiger partial charge in [-0.1, -0.05) is 48.5 Å². The first-order chi connectivity index (χ1) is 18.2. The largest absolute Gasteiger partial charge is 0.389 e. The average Bonchev–Trinajstić information content (AvgIpc) is 2.92. The van der Waals surface area contributed by atoms with Gasteiger partial charge in [0, 0.05) is 29.9 Å². The second-order valence-electron chi connectivity index (χ2n) is 9.73. The maximum absolute atomic E-state index is 12.9. The molecule has 12 heteroatoms. The number of para-hydroxylation sites is 1. The number of carbonyl (C=O) groups is 1. The van der Waals surface area contributed by atoms with Gasteiger partial charge in [0.25, 0.3) is 0 Å². The minimum atomic E-state index is -1.36. The highest BCUT2D eigenvalue weighted by molar-refractivity contribution is 5.96. The van der Waals surface area contributed by atoms with Gasteiger partial charge in [-0.25, -0.2) is 0 Å². The molecule has 0 unspecified atom stereocenters. The molecular weight excluding hydrogens is 494 g/mol. The molecule has 0 radical (unpaired) electrons. The summed E-state index contributed by atoms with van der Waals surface area (Å²) in [6.07, 6.45) is -7.84. The summed E-state index contributed by atoms with van der Waals surface area (Å²) in [5.41, 5.74) is 26.4. The molecule has 0 aromatic heterocycles. The summed E-state index contributed by atoms with van der Waals surface area (Å²) in [4.78, 5) is 12.9. The Bertz CT molecular complexity index is 1060. The lowest BCUT2D eigenvalue weighted by atomic mass is 9.84. The van der Waals surface area contributed by atoms with Crippen molar-refractivity contribution in [1.29, 1.82) is 0 Å². The van der Waals surface area contributed by atoms with Crippen molar-refractivity contribution in [2.45, 2.75) is 67.5 Å². The van der Waals surface area contributed by atoms with Crippen LogP contribution in [0.15, 0.2) is 54.6 Å². The van der Waals surface area contributed by atoms with Gasteiger partial charge in [0.2, 0.25) is 5.91 Å².